The SMILES string of the molecule is CCc1nc(C(N)=O)c(Nc2cccc(CCNC=O)c2)nc1N(C)C. The van der Waals surface area contributed by atoms with Crippen LogP contribution in [0.4, 0.5) is 17.3 Å². The molecule has 0 aliphatic rings. The van der Waals surface area contributed by atoms with Crippen molar-refractivity contribution in [2.45, 2.75) is 19.8 Å². The molecule has 0 aliphatic carbocycles. The Labute approximate surface area is 152 Å². The van der Waals surface area contributed by atoms with Crippen LogP contribution >= 0.6 is 0 Å². The van der Waals surface area contributed by atoms with Crippen LogP contribution in [0.5, 0.6) is 0 Å². The van der Waals surface area contributed by atoms with Crippen LogP contribution in [0, 0.1) is 0 Å². The van der Waals surface area contributed by atoms with Crippen molar-refractivity contribution in [3.63, 3.8) is 0 Å². The van der Waals surface area contributed by atoms with Gasteiger partial charge in [-0.3, -0.25) is 9.59 Å². The van der Waals surface area contributed by atoms with Gasteiger partial charge >= 0.3 is 0 Å². The number of amides is 2. The Morgan fingerprint density at radius 2 is 2.08 bits per heavy atom. The molecule has 2 amide bonds. The molecule has 8 heteroatoms. The van der Waals surface area contributed by atoms with Crippen molar-refractivity contribution >= 4 is 29.6 Å². The number of aryl methyl sites for hydroxylation is 1. The molecule has 0 saturated carbocycles. The van der Waals surface area contributed by atoms with Crippen LogP contribution in [-0.4, -0.2) is 42.9 Å². The number of hydrogen-bond donors (Lipinski definition) is 3. The van der Waals surface area contributed by atoms with Gasteiger partial charge in [0.2, 0.25) is 6.41 Å². The number of nitrogens with two attached hydrogens (primary N) is 1. The summed E-state index contributed by atoms with van der Waals surface area (Å²) in [6.07, 6.45) is 2.01. The molecule has 2 aromatic rings. The van der Waals surface area contributed by atoms with Gasteiger partial charge in [-0.15, -0.1) is 0 Å². The number of carbonyl (C=O) groups is 2. The third-order valence-corrected chi connectivity index (χ3v) is 3.77. The number of carbonyl (C=O) groups excluding carboxylic acids is 2. The summed E-state index contributed by atoms with van der Waals surface area (Å²) in [7, 11) is 3.75. The first kappa shape index (κ1) is 19.2. The Bertz CT molecular complexity index is 791. The fourth-order valence-electron chi connectivity index (χ4n) is 2.53. The summed E-state index contributed by atoms with van der Waals surface area (Å²) in [4.78, 5) is 33.0. The average Bonchev–Trinajstić information content (AvgIpc) is 2.61. The average molecular weight is 356 g/mol. The first-order valence-corrected chi connectivity index (χ1v) is 8.37. The predicted molar refractivity (Wildman–Crippen MR) is 102 cm³/mol. The van der Waals surface area contributed by atoms with Crippen molar-refractivity contribution in [3.05, 3.63) is 41.2 Å². The molecule has 1 heterocycles. The third-order valence-electron chi connectivity index (χ3n) is 3.77. The van der Waals surface area contributed by atoms with Crippen molar-refractivity contribution < 1.29 is 9.59 Å². The number of benzene rings is 1. The highest BCUT2D eigenvalue weighted by atomic mass is 16.1. The van der Waals surface area contributed by atoms with E-state index in [1.54, 1.807) is 0 Å². The lowest BCUT2D eigenvalue weighted by Crippen LogP contribution is -2.21. The minimum Gasteiger partial charge on any atom is -0.364 e. The number of anilines is 3. The zero-order chi connectivity index (χ0) is 19.1. The second kappa shape index (κ2) is 8.80. The first-order valence-electron chi connectivity index (χ1n) is 8.37. The predicted octanol–water partition coefficient (Wildman–Crippen LogP) is 1.24. The topological polar surface area (TPSA) is 113 Å². The molecule has 0 radical (unpaired) electrons. The van der Waals surface area contributed by atoms with E-state index in [2.05, 4.69) is 20.6 Å². The van der Waals surface area contributed by atoms with E-state index in [1.165, 1.54) is 0 Å². The van der Waals surface area contributed by atoms with Crippen LogP contribution in [0.3, 0.4) is 0 Å². The Kier molecular flexibility index (Phi) is 6.48. The summed E-state index contributed by atoms with van der Waals surface area (Å²) in [6.45, 7) is 2.50. The maximum atomic E-state index is 11.8. The molecule has 0 spiro atoms. The molecule has 4 N–H and O–H groups in total. The van der Waals surface area contributed by atoms with Crippen molar-refractivity contribution in [3.8, 4) is 0 Å². The lowest BCUT2D eigenvalue weighted by molar-refractivity contribution is -0.109. The molecule has 26 heavy (non-hydrogen) atoms. The Balaban J connectivity index is 2.35. The van der Waals surface area contributed by atoms with Gasteiger partial charge in [-0.2, -0.15) is 0 Å². The molecule has 0 unspecified atom stereocenters. The number of nitrogens with one attached hydrogen (secondary N) is 2. The number of nitrogens with zero attached hydrogens (tertiary/aromatic N) is 3. The van der Waals surface area contributed by atoms with E-state index in [0.717, 1.165) is 11.3 Å². The van der Waals surface area contributed by atoms with Gasteiger partial charge in [-0.05, 0) is 30.5 Å². The molecule has 1 aromatic carbocycles. The summed E-state index contributed by atoms with van der Waals surface area (Å²) in [5.41, 5.74) is 8.12. The first-order chi connectivity index (χ1) is 12.5. The summed E-state index contributed by atoms with van der Waals surface area (Å²) < 4.78 is 0. The Morgan fingerprint density at radius 3 is 2.69 bits per heavy atom. The zero-order valence-corrected chi connectivity index (χ0v) is 15.2. The molecule has 0 aliphatic heterocycles. The van der Waals surface area contributed by atoms with Crippen molar-refractivity contribution in [2.75, 3.05) is 30.9 Å². The number of primary amides is 1. The van der Waals surface area contributed by atoms with Gasteiger partial charge in [0.1, 0.15) is 0 Å². The summed E-state index contributed by atoms with van der Waals surface area (Å²) in [5, 5.41) is 5.77. The van der Waals surface area contributed by atoms with Gasteiger partial charge in [-0.1, -0.05) is 19.1 Å². The van der Waals surface area contributed by atoms with E-state index in [4.69, 9.17) is 5.73 Å². The number of aromatic nitrogens is 2. The number of rotatable bonds is 9. The quantitative estimate of drug-likeness (QED) is 0.460. The second-order valence-electron chi connectivity index (χ2n) is 5.95. The molecule has 0 saturated heterocycles. The molecule has 0 atom stereocenters. The highest BCUT2D eigenvalue weighted by molar-refractivity contribution is 5.96. The van der Waals surface area contributed by atoms with E-state index in [1.807, 2.05) is 50.2 Å². The minimum absolute atomic E-state index is 0.112. The summed E-state index contributed by atoms with van der Waals surface area (Å²) >= 11 is 0. The molecule has 0 bridgehead atoms. The fourth-order valence-corrected chi connectivity index (χ4v) is 2.53. The van der Waals surface area contributed by atoms with Crippen LogP contribution in [0.25, 0.3) is 0 Å². The van der Waals surface area contributed by atoms with Crippen LogP contribution < -0.4 is 21.3 Å². The summed E-state index contributed by atoms with van der Waals surface area (Å²) in [5.74, 6) is 0.374. The van der Waals surface area contributed by atoms with Crippen LogP contribution in [0.2, 0.25) is 0 Å². The largest absolute Gasteiger partial charge is 0.364 e. The second-order valence-corrected chi connectivity index (χ2v) is 5.95. The highest BCUT2D eigenvalue weighted by Crippen LogP contribution is 2.24. The van der Waals surface area contributed by atoms with E-state index in [9.17, 15) is 9.59 Å². The molecule has 8 nitrogen and oxygen atoms in total. The molecule has 0 fully saturated rings. The van der Waals surface area contributed by atoms with E-state index in [-0.39, 0.29) is 5.69 Å². The lowest BCUT2D eigenvalue weighted by atomic mass is 10.1. The normalized spacial score (nSPS) is 10.3. The van der Waals surface area contributed by atoms with Crippen LogP contribution in [0.15, 0.2) is 24.3 Å². The molecular weight excluding hydrogens is 332 g/mol. The van der Waals surface area contributed by atoms with Gasteiger partial charge in [-0.25, -0.2) is 9.97 Å². The van der Waals surface area contributed by atoms with Gasteiger partial charge in [0, 0.05) is 26.3 Å². The standard InChI is InChI=1S/C18H24N6O2/c1-4-14-18(24(2)3)23-17(15(22-14)16(19)26)21-13-7-5-6-12(10-13)8-9-20-11-25/h5-7,10-11H,4,8-9H2,1-3H3,(H2,19,26)(H,20,25)(H,21,23). The molecule has 2 rings (SSSR count). The van der Waals surface area contributed by atoms with E-state index < -0.39 is 5.91 Å². The van der Waals surface area contributed by atoms with Crippen LogP contribution in [0.1, 0.15) is 28.7 Å². The third kappa shape index (κ3) is 4.69. The smallest absolute Gasteiger partial charge is 0.271 e. The van der Waals surface area contributed by atoms with Gasteiger partial charge < -0.3 is 21.3 Å². The van der Waals surface area contributed by atoms with Crippen LogP contribution in [-0.2, 0) is 17.6 Å². The van der Waals surface area contributed by atoms with Crippen molar-refractivity contribution in [2.24, 2.45) is 5.73 Å². The van der Waals surface area contributed by atoms with Gasteiger partial charge in [0.15, 0.2) is 17.3 Å². The number of hydrogen-bond acceptors (Lipinski definition) is 6. The Hall–Kier alpha value is -3.16. The minimum atomic E-state index is -0.633. The fraction of sp³-hybridized carbons (Fsp3) is 0.333. The van der Waals surface area contributed by atoms with Crippen molar-refractivity contribution in [1.29, 1.82) is 0 Å². The molecule has 1 aromatic heterocycles. The maximum absolute atomic E-state index is 11.8. The summed E-state index contributed by atoms with van der Waals surface area (Å²) in [6, 6.07) is 7.65. The lowest BCUT2D eigenvalue weighted by Gasteiger charge is -2.18. The zero-order valence-electron chi connectivity index (χ0n) is 15.2. The molecular formula is C18H24N6O2. The molecule has 138 valence electrons. The Morgan fingerprint density at radius 1 is 1.31 bits per heavy atom. The van der Waals surface area contributed by atoms with Gasteiger partial charge in [0.25, 0.3) is 5.91 Å². The maximum Gasteiger partial charge on any atom is 0.271 e. The van der Waals surface area contributed by atoms with Gasteiger partial charge in [0.05, 0.1) is 5.69 Å². The highest BCUT2D eigenvalue weighted by Gasteiger charge is 2.18. The van der Waals surface area contributed by atoms with Crippen molar-refractivity contribution in [1.82, 2.24) is 15.3 Å². The van der Waals surface area contributed by atoms with E-state index >= 15 is 0 Å². The monoisotopic (exact) mass is 356 g/mol. The van der Waals surface area contributed by atoms with E-state index in [0.29, 0.717) is 43.1 Å².